The Labute approximate surface area is 135 Å². The van der Waals surface area contributed by atoms with Crippen LogP contribution in [0.5, 0.6) is 0 Å². The lowest BCUT2D eigenvalue weighted by Gasteiger charge is -2.27. The lowest BCUT2D eigenvalue weighted by molar-refractivity contribution is -0.120. The van der Waals surface area contributed by atoms with Gasteiger partial charge in [0.2, 0.25) is 5.91 Å². The molecule has 1 heterocycles. The van der Waals surface area contributed by atoms with E-state index >= 15 is 0 Å². The summed E-state index contributed by atoms with van der Waals surface area (Å²) in [6.07, 6.45) is -0.443. The van der Waals surface area contributed by atoms with Crippen molar-refractivity contribution in [3.05, 3.63) is 29.8 Å². The largest absolute Gasteiger partial charge is 0.444 e. The molecule has 1 saturated heterocycles. The summed E-state index contributed by atoms with van der Waals surface area (Å²) in [4.78, 5) is 26.1. The van der Waals surface area contributed by atoms with Crippen LogP contribution in [0, 0.1) is 6.92 Å². The number of amides is 2. The molecule has 2 rings (SSSR count). The van der Waals surface area contributed by atoms with Crippen LogP contribution in [0.15, 0.2) is 24.3 Å². The zero-order chi connectivity index (χ0) is 16.3. The van der Waals surface area contributed by atoms with E-state index in [-0.39, 0.29) is 5.91 Å². The molecule has 0 radical (unpaired) electrons. The number of nitrogens with one attached hydrogen (secondary N) is 1. The molecule has 6 heteroatoms. The molecular weight excluding hydrogens is 300 g/mol. The fourth-order valence-corrected chi connectivity index (χ4v) is 3.16. The highest BCUT2D eigenvalue weighted by molar-refractivity contribution is 7.99. The van der Waals surface area contributed by atoms with Crippen LogP contribution in [0.2, 0.25) is 0 Å². The average molecular weight is 322 g/mol. The van der Waals surface area contributed by atoms with Gasteiger partial charge in [0.25, 0.3) is 0 Å². The molecule has 1 fully saturated rings. The Kier molecular flexibility index (Phi) is 5.01. The molecule has 1 aromatic carbocycles. The van der Waals surface area contributed by atoms with Crippen LogP contribution in [-0.2, 0) is 9.53 Å². The molecule has 1 atom stereocenters. The van der Waals surface area contributed by atoms with Gasteiger partial charge in [-0.3, -0.25) is 9.69 Å². The summed E-state index contributed by atoms with van der Waals surface area (Å²) in [5.74, 6) is 0.873. The minimum Gasteiger partial charge on any atom is -0.444 e. The van der Waals surface area contributed by atoms with Gasteiger partial charge in [0.05, 0.1) is 5.88 Å². The smallest absolute Gasteiger partial charge is 0.411 e. The van der Waals surface area contributed by atoms with Gasteiger partial charge >= 0.3 is 6.09 Å². The maximum absolute atomic E-state index is 12.4. The Bertz CT molecular complexity index is 552. The second kappa shape index (κ2) is 6.60. The van der Waals surface area contributed by atoms with Crippen molar-refractivity contribution in [3.63, 3.8) is 0 Å². The van der Waals surface area contributed by atoms with Gasteiger partial charge in [-0.1, -0.05) is 17.7 Å². The first-order valence-corrected chi connectivity index (χ1v) is 8.36. The van der Waals surface area contributed by atoms with Gasteiger partial charge in [-0.05, 0) is 39.8 Å². The molecule has 120 valence electrons. The third-order valence-electron chi connectivity index (χ3n) is 3.13. The third-order valence-corrected chi connectivity index (χ3v) is 4.14. The van der Waals surface area contributed by atoms with Crippen molar-refractivity contribution in [2.24, 2.45) is 0 Å². The molecule has 5 nitrogen and oxygen atoms in total. The van der Waals surface area contributed by atoms with E-state index in [1.165, 1.54) is 4.90 Å². The molecule has 0 aliphatic carbocycles. The number of thioether (sulfide) groups is 1. The summed E-state index contributed by atoms with van der Waals surface area (Å²) >= 11 is 1.55. The summed E-state index contributed by atoms with van der Waals surface area (Å²) < 4.78 is 5.36. The Morgan fingerprint density at radius 1 is 1.27 bits per heavy atom. The van der Waals surface area contributed by atoms with Crippen molar-refractivity contribution in [1.29, 1.82) is 0 Å². The molecule has 0 saturated carbocycles. The number of hydrogen-bond donors (Lipinski definition) is 1. The molecule has 2 amide bonds. The number of rotatable bonds is 2. The van der Waals surface area contributed by atoms with Gasteiger partial charge in [0, 0.05) is 11.4 Å². The first-order valence-electron chi connectivity index (χ1n) is 7.21. The number of ether oxygens (including phenoxy) is 1. The first-order chi connectivity index (χ1) is 10.3. The van der Waals surface area contributed by atoms with E-state index in [9.17, 15) is 9.59 Å². The number of benzene rings is 1. The normalized spacial score (nSPS) is 18.2. The van der Waals surface area contributed by atoms with E-state index in [1.807, 2.05) is 52.0 Å². The van der Waals surface area contributed by atoms with Crippen LogP contribution in [0.1, 0.15) is 26.3 Å². The van der Waals surface area contributed by atoms with Gasteiger partial charge in [0.15, 0.2) is 0 Å². The molecular formula is C16H22N2O3S. The van der Waals surface area contributed by atoms with Crippen LogP contribution in [0.4, 0.5) is 10.5 Å². The fourth-order valence-electron chi connectivity index (χ4n) is 2.02. The average Bonchev–Trinajstić information content (AvgIpc) is 2.89. The highest BCUT2D eigenvalue weighted by Gasteiger charge is 2.37. The van der Waals surface area contributed by atoms with Gasteiger partial charge in [-0.15, -0.1) is 11.8 Å². The number of nitrogens with zero attached hydrogens (tertiary/aromatic N) is 1. The van der Waals surface area contributed by atoms with E-state index in [2.05, 4.69) is 5.32 Å². The van der Waals surface area contributed by atoms with Crippen molar-refractivity contribution in [3.8, 4) is 0 Å². The van der Waals surface area contributed by atoms with Gasteiger partial charge in [0.1, 0.15) is 11.6 Å². The molecule has 0 unspecified atom stereocenters. The quantitative estimate of drug-likeness (QED) is 0.908. The van der Waals surface area contributed by atoms with Crippen LogP contribution >= 0.6 is 11.8 Å². The van der Waals surface area contributed by atoms with Crippen molar-refractivity contribution < 1.29 is 14.3 Å². The van der Waals surface area contributed by atoms with E-state index in [1.54, 1.807) is 11.8 Å². The molecule has 0 bridgehead atoms. The molecule has 1 aliphatic rings. The third kappa shape index (κ3) is 4.40. The van der Waals surface area contributed by atoms with Gasteiger partial charge in [-0.25, -0.2) is 4.79 Å². The predicted octanol–water partition coefficient (Wildman–Crippen LogP) is 3.24. The lowest BCUT2D eigenvalue weighted by atomic mass is 10.2. The second-order valence-corrected chi connectivity index (χ2v) is 7.32. The number of carbonyl (C=O) groups is 2. The maximum atomic E-state index is 12.4. The van der Waals surface area contributed by atoms with Gasteiger partial charge in [-0.2, -0.15) is 0 Å². The lowest BCUT2D eigenvalue weighted by Crippen LogP contribution is -2.46. The topological polar surface area (TPSA) is 58.6 Å². The Hall–Kier alpha value is -1.69. The van der Waals surface area contributed by atoms with Crippen molar-refractivity contribution in [2.45, 2.75) is 39.3 Å². The number of hydrogen-bond acceptors (Lipinski definition) is 4. The van der Waals surface area contributed by atoms with Gasteiger partial charge < -0.3 is 10.1 Å². The van der Waals surface area contributed by atoms with Crippen molar-refractivity contribution in [2.75, 3.05) is 16.9 Å². The number of aryl methyl sites for hydroxylation is 1. The number of anilines is 1. The molecule has 1 N–H and O–H groups in total. The minimum atomic E-state index is -0.567. The van der Waals surface area contributed by atoms with Crippen LogP contribution in [-0.4, -0.2) is 40.2 Å². The fraction of sp³-hybridized carbons (Fsp3) is 0.500. The Morgan fingerprint density at radius 2 is 1.91 bits per heavy atom. The predicted molar refractivity (Wildman–Crippen MR) is 89.0 cm³/mol. The first kappa shape index (κ1) is 16.7. The van der Waals surface area contributed by atoms with E-state index in [0.29, 0.717) is 11.6 Å². The Balaban J connectivity index is 2.01. The van der Waals surface area contributed by atoms with E-state index < -0.39 is 17.7 Å². The number of carbonyl (C=O) groups excluding carboxylic acids is 2. The van der Waals surface area contributed by atoms with Crippen molar-refractivity contribution >= 4 is 29.4 Å². The van der Waals surface area contributed by atoms with Crippen LogP contribution in [0.25, 0.3) is 0 Å². The summed E-state index contributed by atoms with van der Waals surface area (Å²) in [5.41, 5.74) is 1.30. The Morgan fingerprint density at radius 3 is 2.50 bits per heavy atom. The molecule has 1 aliphatic heterocycles. The monoisotopic (exact) mass is 322 g/mol. The minimum absolute atomic E-state index is 0.181. The van der Waals surface area contributed by atoms with Crippen LogP contribution < -0.4 is 5.32 Å². The second-order valence-electron chi connectivity index (χ2n) is 6.32. The maximum Gasteiger partial charge on any atom is 0.411 e. The zero-order valence-electron chi connectivity index (χ0n) is 13.4. The van der Waals surface area contributed by atoms with E-state index in [4.69, 9.17) is 4.74 Å². The molecule has 0 aromatic heterocycles. The van der Waals surface area contributed by atoms with Crippen molar-refractivity contribution in [1.82, 2.24) is 4.90 Å². The zero-order valence-corrected chi connectivity index (χ0v) is 14.2. The van der Waals surface area contributed by atoms with E-state index in [0.717, 1.165) is 11.3 Å². The highest BCUT2D eigenvalue weighted by Crippen LogP contribution is 2.24. The summed E-state index contributed by atoms with van der Waals surface area (Å²) in [5, 5.41) is 2.86. The summed E-state index contributed by atoms with van der Waals surface area (Å²) in [6.45, 7) is 7.43. The standard InChI is InChI=1S/C16H22N2O3S/c1-11-5-7-12(8-6-11)17-14(19)13-9-22-10-18(13)15(20)21-16(2,3)4/h5-8,13H,9-10H2,1-4H3,(H,17,19)/t13-/m0/s1. The highest BCUT2D eigenvalue weighted by atomic mass is 32.2. The summed E-state index contributed by atoms with van der Waals surface area (Å²) in [7, 11) is 0. The van der Waals surface area contributed by atoms with Crippen LogP contribution in [0.3, 0.4) is 0 Å². The molecule has 1 aromatic rings. The molecule has 0 spiro atoms. The molecule has 22 heavy (non-hydrogen) atoms. The summed E-state index contributed by atoms with van der Waals surface area (Å²) in [6, 6.07) is 7.08. The SMILES string of the molecule is Cc1ccc(NC(=O)[C@@H]2CSCN2C(=O)OC(C)(C)C)cc1.